The molecule has 7 nitrogen and oxygen atoms in total. The Morgan fingerprint density at radius 2 is 1.74 bits per heavy atom. The quantitative estimate of drug-likeness (QED) is 0.724. The molecule has 2 aromatic carbocycles. The number of nitrogens with one attached hydrogen (secondary N) is 1. The highest BCUT2D eigenvalue weighted by atomic mass is 16.5. The van der Waals surface area contributed by atoms with Crippen LogP contribution in [0.4, 0.5) is 5.69 Å². The number of benzene rings is 2. The number of aryl methyl sites for hydroxylation is 1. The third-order valence-electron chi connectivity index (χ3n) is 4.48. The standard InChI is InChI=1S/C20H15N3O4/c1-11-16(17(22-27-11)12-6-4-3-5-7-12)18(24)21-13-8-9-14-15(10-13)20(26)23(2)19(14)25/h3-10H,1-2H3,(H,21,24). The molecule has 3 amide bonds. The Hall–Kier alpha value is -3.74. The minimum atomic E-state index is -0.405. The predicted molar refractivity (Wildman–Crippen MR) is 97.5 cm³/mol. The summed E-state index contributed by atoms with van der Waals surface area (Å²) in [6.45, 7) is 1.66. The maximum absolute atomic E-state index is 12.8. The van der Waals surface area contributed by atoms with Gasteiger partial charge in [0.05, 0.1) is 11.1 Å². The Bertz CT molecular complexity index is 1090. The van der Waals surface area contributed by atoms with Crippen LogP contribution in [0.25, 0.3) is 11.3 Å². The average molecular weight is 361 g/mol. The molecule has 7 heteroatoms. The maximum Gasteiger partial charge on any atom is 0.261 e. The number of carbonyl (C=O) groups is 3. The molecule has 3 aromatic rings. The zero-order chi connectivity index (χ0) is 19.1. The van der Waals surface area contributed by atoms with Gasteiger partial charge in [-0.1, -0.05) is 35.5 Å². The molecule has 0 spiro atoms. The van der Waals surface area contributed by atoms with E-state index in [2.05, 4.69) is 10.5 Å². The number of imide groups is 1. The van der Waals surface area contributed by atoms with Crippen molar-refractivity contribution in [2.24, 2.45) is 0 Å². The Kier molecular flexibility index (Phi) is 3.84. The van der Waals surface area contributed by atoms with E-state index >= 15 is 0 Å². The highest BCUT2D eigenvalue weighted by Gasteiger charge is 2.33. The van der Waals surface area contributed by atoms with E-state index in [0.29, 0.717) is 28.3 Å². The zero-order valence-electron chi connectivity index (χ0n) is 14.6. The number of anilines is 1. The van der Waals surface area contributed by atoms with Gasteiger partial charge in [0.25, 0.3) is 17.7 Å². The van der Waals surface area contributed by atoms with Gasteiger partial charge >= 0.3 is 0 Å². The normalized spacial score (nSPS) is 13.0. The van der Waals surface area contributed by atoms with E-state index in [1.807, 2.05) is 30.3 Å². The molecule has 0 radical (unpaired) electrons. The predicted octanol–water partition coefficient (Wildman–Crippen LogP) is 3.13. The molecule has 0 fully saturated rings. The smallest absolute Gasteiger partial charge is 0.261 e. The van der Waals surface area contributed by atoms with Crippen LogP contribution in [0.15, 0.2) is 53.1 Å². The Morgan fingerprint density at radius 3 is 2.48 bits per heavy atom. The minimum absolute atomic E-state index is 0.269. The van der Waals surface area contributed by atoms with Crippen LogP contribution in [0.3, 0.4) is 0 Å². The van der Waals surface area contributed by atoms with E-state index < -0.39 is 11.8 Å². The van der Waals surface area contributed by atoms with Crippen molar-refractivity contribution in [3.05, 3.63) is 71.0 Å². The summed E-state index contributed by atoms with van der Waals surface area (Å²) in [6.07, 6.45) is 0. The van der Waals surface area contributed by atoms with Gasteiger partial charge in [0.2, 0.25) is 0 Å². The molecule has 0 aliphatic carbocycles. The van der Waals surface area contributed by atoms with Gasteiger partial charge in [-0.3, -0.25) is 19.3 Å². The molecule has 2 heterocycles. The second kappa shape index (κ2) is 6.21. The lowest BCUT2D eigenvalue weighted by Crippen LogP contribution is -2.24. The summed E-state index contributed by atoms with van der Waals surface area (Å²) < 4.78 is 5.21. The Balaban J connectivity index is 1.66. The second-order valence-electron chi connectivity index (χ2n) is 6.21. The monoisotopic (exact) mass is 361 g/mol. The number of hydrogen-bond donors (Lipinski definition) is 1. The van der Waals surface area contributed by atoms with E-state index in [9.17, 15) is 14.4 Å². The molecule has 1 N–H and O–H groups in total. The summed E-state index contributed by atoms with van der Waals surface area (Å²) in [5.74, 6) is -0.762. The van der Waals surface area contributed by atoms with Crippen molar-refractivity contribution < 1.29 is 18.9 Å². The van der Waals surface area contributed by atoms with Crippen LogP contribution >= 0.6 is 0 Å². The first-order valence-electron chi connectivity index (χ1n) is 8.27. The van der Waals surface area contributed by atoms with Crippen LogP contribution in [-0.2, 0) is 0 Å². The SMILES string of the molecule is Cc1onc(-c2ccccc2)c1C(=O)Nc1ccc2c(c1)C(=O)N(C)C2=O. The fourth-order valence-corrected chi connectivity index (χ4v) is 3.07. The molecule has 4 rings (SSSR count). The highest BCUT2D eigenvalue weighted by molar-refractivity contribution is 6.21. The largest absolute Gasteiger partial charge is 0.360 e. The molecule has 0 saturated heterocycles. The summed E-state index contributed by atoms with van der Waals surface area (Å²) in [5, 5.41) is 6.75. The zero-order valence-corrected chi connectivity index (χ0v) is 14.6. The van der Waals surface area contributed by atoms with Crippen LogP contribution < -0.4 is 5.32 Å². The van der Waals surface area contributed by atoms with Gasteiger partial charge in [0.1, 0.15) is 17.0 Å². The number of nitrogens with zero attached hydrogens (tertiary/aromatic N) is 2. The Morgan fingerprint density at radius 1 is 1.04 bits per heavy atom. The fourth-order valence-electron chi connectivity index (χ4n) is 3.07. The summed E-state index contributed by atoms with van der Waals surface area (Å²) in [6, 6.07) is 13.9. The second-order valence-corrected chi connectivity index (χ2v) is 6.21. The highest BCUT2D eigenvalue weighted by Crippen LogP contribution is 2.28. The molecule has 27 heavy (non-hydrogen) atoms. The minimum Gasteiger partial charge on any atom is -0.360 e. The van der Waals surface area contributed by atoms with Crippen LogP contribution in [0, 0.1) is 6.92 Å². The number of aromatic nitrogens is 1. The van der Waals surface area contributed by atoms with Gasteiger partial charge in [-0.15, -0.1) is 0 Å². The van der Waals surface area contributed by atoms with Crippen molar-refractivity contribution >= 4 is 23.4 Å². The summed E-state index contributed by atoms with van der Waals surface area (Å²) in [4.78, 5) is 38.0. The first kappa shape index (κ1) is 16.7. The fraction of sp³-hybridized carbons (Fsp3) is 0.100. The number of amides is 3. The first-order chi connectivity index (χ1) is 13.0. The van der Waals surface area contributed by atoms with Crippen molar-refractivity contribution in [2.75, 3.05) is 12.4 Å². The summed E-state index contributed by atoms with van der Waals surface area (Å²) in [7, 11) is 1.43. The molecule has 1 aliphatic heterocycles. The molecule has 0 unspecified atom stereocenters. The first-order valence-corrected chi connectivity index (χ1v) is 8.27. The van der Waals surface area contributed by atoms with Crippen LogP contribution in [-0.4, -0.2) is 34.8 Å². The Labute approximate surface area is 154 Å². The van der Waals surface area contributed by atoms with Gasteiger partial charge in [0.15, 0.2) is 0 Å². The van der Waals surface area contributed by atoms with E-state index in [0.717, 1.165) is 10.5 Å². The molecule has 1 aromatic heterocycles. The lowest BCUT2D eigenvalue weighted by Gasteiger charge is -2.07. The van der Waals surface area contributed by atoms with Crippen molar-refractivity contribution in [3.8, 4) is 11.3 Å². The third kappa shape index (κ3) is 2.69. The number of fused-ring (bicyclic) bond motifs is 1. The van der Waals surface area contributed by atoms with Gasteiger partial charge in [-0.25, -0.2) is 0 Å². The summed E-state index contributed by atoms with van der Waals surface area (Å²) in [5.41, 5.74) is 2.53. The number of rotatable bonds is 3. The molecule has 0 bridgehead atoms. The molecule has 134 valence electrons. The molecule has 1 aliphatic rings. The van der Waals surface area contributed by atoms with E-state index in [-0.39, 0.29) is 11.5 Å². The maximum atomic E-state index is 12.8. The lowest BCUT2D eigenvalue weighted by molar-refractivity contribution is 0.0692. The summed E-state index contributed by atoms with van der Waals surface area (Å²) >= 11 is 0. The van der Waals surface area contributed by atoms with E-state index in [4.69, 9.17) is 4.52 Å². The van der Waals surface area contributed by atoms with Crippen molar-refractivity contribution in [3.63, 3.8) is 0 Å². The molecular formula is C20H15N3O4. The van der Waals surface area contributed by atoms with E-state index in [1.165, 1.54) is 19.2 Å². The van der Waals surface area contributed by atoms with Crippen molar-refractivity contribution in [1.29, 1.82) is 0 Å². The van der Waals surface area contributed by atoms with Crippen LogP contribution in [0.5, 0.6) is 0 Å². The van der Waals surface area contributed by atoms with Gasteiger partial charge in [-0.05, 0) is 25.1 Å². The molecule has 0 atom stereocenters. The van der Waals surface area contributed by atoms with Crippen molar-refractivity contribution in [1.82, 2.24) is 10.1 Å². The molecule has 0 saturated carbocycles. The topological polar surface area (TPSA) is 92.5 Å². The van der Waals surface area contributed by atoms with Gasteiger partial charge < -0.3 is 9.84 Å². The number of carbonyl (C=O) groups excluding carboxylic acids is 3. The van der Waals surface area contributed by atoms with Gasteiger partial charge in [0, 0.05) is 18.3 Å². The number of hydrogen-bond acceptors (Lipinski definition) is 5. The van der Waals surface area contributed by atoms with Gasteiger partial charge in [-0.2, -0.15) is 0 Å². The average Bonchev–Trinajstić information content (AvgIpc) is 3.16. The van der Waals surface area contributed by atoms with E-state index in [1.54, 1.807) is 13.0 Å². The molecular weight excluding hydrogens is 346 g/mol. The van der Waals surface area contributed by atoms with Crippen LogP contribution in [0.2, 0.25) is 0 Å². The van der Waals surface area contributed by atoms with Crippen molar-refractivity contribution in [2.45, 2.75) is 6.92 Å². The lowest BCUT2D eigenvalue weighted by atomic mass is 10.1. The third-order valence-corrected chi connectivity index (χ3v) is 4.48. The van der Waals surface area contributed by atoms with Crippen LogP contribution in [0.1, 0.15) is 36.8 Å².